The van der Waals surface area contributed by atoms with E-state index in [9.17, 15) is 4.79 Å². The molecule has 0 bridgehead atoms. The van der Waals surface area contributed by atoms with Crippen LogP contribution in [0.5, 0.6) is 0 Å². The Labute approximate surface area is 84.8 Å². The van der Waals surface area contributed by atoms with Gasteiger partial charge in [0, 0.05) is 12.3 Å². The molecule has 0 aromatic rings. The molecule has 4 heteroatoms. The highest BCUT2D eigenvalue weighted by molar-refractivity contribution is 8.13. The first-order chi connectivity index (χ1) is 5.96. The van der Waals surface area contributed by atoms with Gasteiger partial charge in [0.1, 0.15) is 0 Å². The van der Waals surface area contributed by atoms with Crippen molar-refractivity contribution in [1.82, 2.24) is 0 Å². The first kappa shape index (κ1) is 12.7. The molecule has 0 saturated heterocycles. The molecule has 0 atom stereocenters. The van der Waals surface area contributed by atoms with Gasteiger partial charge in [0.2, 0.25) is 0 Å². The van der Waals surface area contributed by atoms with Gasteiger partial charge in [-0.05, 0) is 18.7 Å². The molecule has 13 heavy (non-hydrogen) atoms. The van der Waals surface area contributed by atoms with E-state index in [1.807, 2.05) is 21.0 Å². The number of hydrogen-bond acceptors (Lipinski definition) is 3. The summed E-state index contributed by atoms with van der Waals surface area (Å²) < 4.78 is 0.256. The lowest BCUT2D eigenvalue weighted by Crippen LogP contribution is -2.48. The van der Waals surface area contributed by atoms with Crippen LogP contribution in [-0.4, -0.2) is 42.0 Å². The topological polar surface area (TPSA) is 29.4 Å². The van der Waals surface area contributed by atoms with Crippen molar-refractivity contribution in [1.29, 1.82) is 0 Å². The third kappa shape index (κ3) is 3.48. The highest BCUT2D eigenvalue weighted by atomic mass is 32.2. The van der Waals surface area contributed by atoms with Crippen molar-refractivity contribution in [2.75, 3.05) is 26.4 Å². The van der Waals surface area contributed by atoms with E-state index in [1.165, 1.54) is 0 Å². The normalized spacial score (nSPS) is 13.2. The zero-order chi connectivity index (χ0) is 10.5. The van der Waals surface area contributed by atoms with Crippen LogP contribution in [-0.2, 0) is 4.79 Å². The molecular weight excluding hydrogens is 184 g/mol. The Morgan fingerprint density at radius 2 is 1.92 bits per heavy atom. The number of carbonyl (C=O) groups is 1. The highest BCUT2D eigenvalue weighted by Gasteiger charge is 2.29. The largest absolute Gasteiger partial charge is 0.316 e. The molecule has 0 radical (unpaired) electrons. The van der Waals surface area contributed by atoms with Crippen LogP contribution >= 0.6 is 11.8 Å². The number of amidine groups is 1. The molecule has 0 spiro atoms. The molecule has 1 amide bonds. The standard InChI is InChI=1S/C9H19N2OS/c1-6-10-9(13-7-2)11(4,5)8(3)12/h6-7H2,1-5H3/q+1. The van der Waals surface area contributed by atoms with E-state index in [-0.39, 0.29) is 10.4 Å². The third-order valence-electron chi connectivity index (χ3n) is 1.83. The van der Waals surface area contributed by atoms with Gasteiger partial charge in [-0.15, -0.1) is 0 Å². The Morgan fingerprint density at radius 1 is 1.38 bits per heavy atom. The molecule has 0 aromatic heterocycles. The van der Waals surface area contributed by atoms with E-state index in [2.05, 4.69) is 11.9 Å². The minimum absolute atomic E-state index is 0.119. The molecule has 0 unspecified atom stereocenters. The van der Waals surface area contributed by atoms with Crippen LogP contribution in [0.1, 0.15) is 20.8 Å². The van der Waals surface area contributed by atoms with Crippen LogP contribution in [0, 0.1) is 0 Å². The van der Waals surface area contributed by atoms with Crippen LogP contribution in [0.15, 0.2) is 4.99 Å². The number of amides is 1. The smallest absolute Gasteiger partial charge is 0.231 e. The second kappa shape index (κ2) is 5.40. The fourth-order valence-electron chi connectivity index (χ4n) is 0.783. The van der Waals surface area contributed by atoms with Crippen molar-refractivity contribution in [3.63, 3.8) is 0 Å². The van der Waals surface area contributed by atoms with Crippen LogP contribution in [0.3, 0.4) is 0 Å². The lowest BCUT2D eigenvalue weighted by atomic mass is 10.5. The van der Waals surface area contributed by atoms with Gasteiger partial charge in [-0.3, -0.25) is 0 Å². The molecule has 0 N–H and O–H groups in total. The van der Waals surface area contributed by atoms with Crippen LogP contribution in [0.4, 0.5) is 0 Å². The summed E-state index contributed by atoms with van der Waals surface area (Å²) in [4.78, 5) is 15.7. The molecule has 0 aliphatic carbocycles. The summed E-state index contributed by atoms with van der Waals surface area (Å²) in [6.07, 6.45) is 0. The summed E-state index contributed by atoms with van der Waals surface area (Å²) in [7, 11) is 3.75. The molecule has 0 aliphatic heterocycles. The zero-order valence-electron chi connectivity index (χ0n) is 9.13. The number of thioether (sulfide) groups is 1. The fourth-order valence-corrected chi connectivity index (χ4v) is 1.71. The van der Waals surface area contributed by atoms with Crippen molar-refractivity contribution in [2.45, 2.75) is 20.8 Å². The average molecular weight is 203 g/mol. The summed E-state index contributed by atoms with van der Waals surface area (Å²) >= 11 is 1.64. The Balaban J connectivity index is 4.72. The summed E-state index contributed by atoms with van der Waals surface area (Å²) in [6, 6.07) is 0. The number of hydrogen-bond donors (Lipinski definition) is 0. The Morgan fingerprint density at radius 3 is 2.23 bits per heavy atom. The van der Waals surface area contributed by atoms with Gasteiger partial charge in [0.05, 0.1) is 21.0 Å². The first-order valence-corrected chi connectivity index (χ1v) is 5.48. The third-order valence-corrected chi connectivity index (χ3v) is 2.96. The van der Waals surface area contributed by atoms with Crippen LogP contribution in [0.25, 0.3) is 0 Å². The highest BCUT2D eigenvalue weighted by Crippen LogP contribution is 2.14. The lowest BCUT2D eigenvalue weighted by Gasteiger charge is -2.24. The quantitative estimate of drug-likeness (QED) is 0.389. The molecule has 3 nitrogen and oxygen atoms in total. The van der Waals surface area contributed by atoms with Gasteiger partial charge in [-0.2, -0.15) is 0 Å². The van der Waals surface area contributed by atoms with Crippen LogP contribution in [0.2, 0.25) is 0 Å². The maximum Gasteiger partial charge on any atom is 0.316 e. The number of nitrogens with zero attached hydrogens (tertiary/aromatic N) is 2. The molecule has 0 heterocycles. The van der Waals surface area contributed by atoms with E-state index >= 15 is 0 Å². The summed E-state index contributed by atoms with van der Waals surface area (Å²) in [6.45, 7) is 6.38. The molecule has 0 aliphatic rings. The van der Waals surface area contributed by atoms with Crippen molar-refractivity contribution in [2.24, 2.45) is 4.99 Å². The SMILES string of the molecule is CCN=C(SCC)[N+](C)(C)C(C)=O. The Kier molecular flexibility index (Phi) is 5.25. The molecule has 76 valence electrons. The first-order valence-electron chi connectivity index (χ1n) is 4.49. The maximum atomic E-state index is 11.3. The Hall–Kier alpha value is -0.350. The zero-order valence-corrected chi connectivity index (χ0v) is 9.94. The second-order valence-corrected chi connectivity index (χ2v) is 4.39. The predicted octanol–water partition coefficient (Wildman–Crippen LogP) is 1.74. The predicted molar refractivity (Wildman–Crippen MR) is 58.9 cm³/mol. The molecule has 0 fully saturated rings. The van der Waals surface area contributed by atoms with E-state index in [0.717, 1.165) is 17.5 Å². The Bertz CT molecular complexity index is 212. The maximum absolute atomic E-state index is 11.3. The minimum atomic E-state index is 0.119. The van der Waals surface area contributed by atoms with Crippen molar-refractivity contribution >= 4 is 22.8 Å². The summed E-state index contributed by atoms with van der Waals surface area (Å²) in [5.41, 5.74) is 0. The van der Waals surface area contributed by atoms with E-state index in [4.69, 9.17) is 0 Å². The van der Waals surface area contributed by atoms with Crippen molar-refractivity contribution in [3.8, 4) is 0 Å². The number of carbonyl (C=O) groups excluding carboxylic acids is 1. The van der Waals surface area contributed by atoms with Gasteiger partial charge in [0.25, 0.3) is 5.17 Å². The monoisotopic (exact) mass is 203 g/mol. The van der Waals surface area contributed by atoms with Crippen molar-refractivity contribution < 1.29 is 9.28 Å². The second-order valence-electron chi connectivity index (χ2n) is 3.16. The van der Waals surface area contributed by atoms with Gasteiger partial charge in [0.15, 0.2) is 0 Å². The molecular formula is C9H19N2OS+. The number of quaternary nitrogens is 1. The average Bonchev–Trinajstić information content (AvgIpc) is 2.03. The number of aliphatic imine (C=N–C) groups is 1. The fraction of sp³-hybridized carbons (Fsp3) is 0.778. The van der Waals surface area contributed by atoms with Crippen LogP contribution < -0.4 is 0 Å². The van der Waals surface area contributed by atoms with E-state index in [0.29, 0.717) is 0 Å². The van der Waals surface area contributed by atoms with Gasteiger partial charge in [-0.25, -0.2) is 14.3 Å². The van der Waals surface area contributed by atoms with Gasteiger partial charge in [-0.1, -0.05) is 6.92 Å². The molecule has 0 rings (SSSR count). The van der Waals surface area contributed by atoms with Crippen molar-refractivity contribution in [3.05, 3.63) is 0 Å². The molecule has 0 saturated carbocycles. The molecule has 0 aromatic carbocycles. The van der Waals surface area contributed by atoms with E-state index < -0.39 is 0 Å². The lowest BCUT2D eigenvalue weighted by molar-refractivity contribution is -0.713. The summed E-state index contributed by atoms with van der Waals surface area (Å²) in [5, 5.41) is 0.900. The van der Waals surface area contributed by atoms with Gasteiger partial charge < -0.3 is 0 Å². The van der Waals surface area contributed by atoms with E-state index in [1.54, 1.807) is 18.7 Å². The van der Waals surface area contributed by atoms with Gasteiger partial charge >= 0.3 is 5.91 Å². The minimum Gasteiger partial charge on any atom is -0.231 e. The number of rotatable bonds is 2. The summed E-state index contributed by atoms with van der Waals surface area (Å²) in [5.74, 6) is 1.07.